The molecule has 1 aliphatic rings. The molecule has 1 aromatic rings. The predicted octanol–water partition coefficient (Wildman–Crippen LogP) is 0.522. The summed E-state index contributed by atoms with van der Waals surface area (Å²) in [5, 5.41) is 2.60. The Hall–Kier alpha value is -1.54. The van der Waals surface area contributed by atoms with Crippen molar-refractivity contribution < 1.29 is 22.0 Å². The molecule has 0 aromatic heterocycles. The van der Waals surface area contributed by atoms with Crippen LogP contribution in [0.25, 0.3) is 0 Å². The number of carbonyl (C=O) groups excluding carboxylic acids is 1. The van der Waals surface area contributed by atoms with Crippen molar-refractivity contribution in [3.8, 4) is 0 Å². The van der Waals surface area contributed by atoms with Crippen molar-refractivity contribution in [3.05, 3.63) is 29.8 Å². The number of benzene rings is 1. The van der Waals surface area contributed by atoms with Gasteiger partial charge in [-0.3, -0.25) is 4.79 Å². The molecule has 0 spiro atoms. The van der Waals surface area contributed by atoms with Crippen molar-refractivity contribution in [1.29, 1.82) is 0 Å². The molecule has 19 heavy (non-hydrogen) atoms. The molecule has 1 aliphatic carbocycles. The monoisotopic (exact) mass is 290 g/mol. The Kier molecular flexibility index (Phi) is 3.81. The van der Waals surface area contributed by atoms with Gasteiger partial charge in [0.1, 0.15) is 0 Å². The van der Waals surface area contributed by atoms with E-state index >= 15 is 0 Å². The van der Waals surface area contributed by atoms with Crippen molar-refractivity contribution in [2.75, 3.05) is 6.54 Å². The van der Waals surface area contributed by atoms with Gasteiger partial charge in [0.25, 0.3) is 0 Å². The van der Waals surface area contributed by atoms with Gasteiger partial charge in [-0.2, -0.15) is 0 Å². The summed E-state index contributed by atoms with van der Waals surface area (Å²) < 4.78 is 51.1. The molecule has 0 bridgehead atoms. The van der Waals surface area contributed by atoms with E-state index in [-0.39, 0.29) is 6.04 Å². The van der Waals surface area contributed by atoms with E-state index in [9.17, 15) is 22.0 Å². The zero-order valence-corrected chi connectivity index (χ0v) is 10.6. The van der Waals surface area contributed by atoms with E-state index in [2.05, 4.69) is 5.32 Å². The van der Waals surface area contributed by atoms with Crippen molar-refractivity contribution in [2.24, 2.45) is 0 Å². The topological polar surface area (TPSA) is 75.3 Å². The SMILES string of the molecule is O=C(CNS(=O)(=O)c1ccc(F)c(F)c1)NC1CC1. The van der Waals surface area contributed by atoms with Crippen molar-refractivity contribution in [2.45, 2.75) is 23.8 Å². The number of rotatable bonds is 5. The minimum absolute atomic E-state index is 0.125. The number of amides is 1. The number of carbonyl (C=O) groups is 1. The normalized spacial score (nSPS) is 15.3. The van der Waals surface area contributed by atoms with E-state index in [0.717, 1.165) is 18.9 Å². The first-order valence-electron chi connectivity index (χ1n) is 5.62. The Labute approximate surface area is 109 Å². The van der Waals surface area contributed by atoms with Crippen molar-refractivity contribution in [1.82, 2.24) is 10.0 Å². The lowest BCUT2D eigenvalue weighted by Crippen LogP contribution is -2.37. The van der Waals surface area contributed by atoms with Gasteiger partial charge in [-0.15, -0.1) is 0 Å². The Bertz CT molecular complexity index is 600. The van der Waals surface area contributed by atoms with Gasteiger partial charge in [-0.1, -0.05) is 0 Å². The Morgan fingerprint density at radius 3 is 2.53 bits per heavy atom. The van der Waals surface area contributed by atoms with E-state index < -0.39 is 39.0 Å². The molecule has 0 heterocycles. The lowest BCUT2D eigenvalue weighted by Gasteiger charge is -2.07. The zero-order chi connectivity index (χ0) is 14.0. The third-order valence-electron chi connectivity index (χ3n) is 2.57. The molecule has 2 N–H and O–H groups in total. The summed E-state index contributed by atoms with van der Waals surface area (Å²) in [6.45, 7) is -0.433. The Morgan fingerprint density at radius 1 is 1.26 bits per heavy atom. The predicted molar refractivity (Wildman–Crippen MR) is 62.7 cm³/mol. The second-order valence-corrected chi connectivity index (χ2v) is 6.01. The maximum atomic E-state index is 12.9. The van der Waals surface area contributed by atoms with Crippen LogP contribution in [0.1, 0.15) is 12.8 Å². The van der Waals surface area contributed by atoms with Gasteiger partial charge in [-0.25, -0.2) is 21.9 Å². The smallest absolute Gasteiger partial charge is 0.241 e. The molecule has 0 unspecified atom stereocenters. The molecule has 0 aliphatic heterocycles. The summed E-state index contributed by atoms with van der Waals surface area (Å²) in [6, 6.07) is 2.34. The first-order chi connectivity index (χ1) is 8.88. The highest BCUT2D eigenvalue weighted by molar-refractivity contribution is 7.89. The number of hydrogen-bond acceptors (Lipinski definition) is 3. The van der Waals surface area contributed by atoms with E-state index in [1.165, 1.54) is 0 Å². The second-order valence-electron chi connectivity index (χ2n) is 4.24. The van der Waals surface area contributed by atoms with Crippen LogP contribution in [0.3, 0.4) is 0 Å². The summed E-state index contributed by atoms with van der Waals surface area (Å²) >= 11 is 0. The van der Waals surface area contributed by atoms with Crippen LogP contribution in [0.4, 0.5) is 8.78 Å². The van der Waals surface area contributed by atoms with Gasteiger partial charge in [0.15, 0.2) is 11.6 Å². The van der Waals surface area contributed by atoms with Crippen LogP contribution in [-0.2, 0) is 14.8 Å². The van der Waals surface area contributed by atoms with Crippen LogP contribution in [0, 0.1) is 11.6 Å². The van der Waals surface area contributed by atoms with Crippen LogP contribution >= 0.6 is 0 Å². The molecule has 8 heteroatoms. The highest BCUT2D eigenvalue weighted by Gasteiger charge is 2.24. The molecular formula is C11H12F2N2O3S. The van der Waals surface area contributed by atoms with Gasteiger partial charge in [-0.05, 0) is 31.0 Å². The summed E-state index contributed by atoms with van der Waals surface area (Å²) in [5.41, 5.74) is 0. The molecule has 1 saturated carbocycles. The summed E-state index contributed by atoms with van der Waals surface area (Å²) in [4.78, 5) is 10.9. The van der Waals surface area contributed by atoms with Crippen molar-refractivity contribution in [3.63, 3.8) is 0 Å². The van der Waals surface area contributed by atoms with Crippen LogP contribution in [-0.4, -0.2) is 26.9 Å². The fraction of sp³-hybridized carbons (Fsp3) is 0.364. The molecule has 0 saturated heterocycles. The van der Waals surface area contributed by atoms with Gasteiger partial charge in [0, 0.05) is 6.04 Å². The number of nitrogens with one attached hydrogen (secondary N) is 2. The molecule has 0 atom stereocenters. The highest BCUT2D eigenvalue weighted by Crippen LogP contribution is 2.18. The van der Waals surface area contributed by atoms with Gasteiger partial charge >= 0.3 is 0 Å². The minimum Gasteiger partial charge on any atom is -0.352 e. The van der Waals surface area contributed by atoms with Crippen molar-refractivity contribution >= 4 is 15.9 Å². The third-order valence-corrected chi connectivity index (χ3v) is 3.97. The van der Waals surface area contributed by atoms with Gasteiger partial charge in [0.2, 0.25) is 15.9 Å². The van der Waals surface area contributed by atoms with Crippen LogP contribution < -0.4 is 10.0 Å². The molecule has 5 nitrogen and oxygen atoms in total. The largest absolute Gasteiger partial charge is 0.352 e. The number of halogens is 2. The highest BCUT2D eigenvalue weighted by atomic mass is 32.2. The third kappa shape index (κ3) is 3.71. The minimum atomic E-state index is -4.03. The lowest BCUT2D eigenvalue weighted by atomic mass is 10.3. The fourth-order valence-corrected chi connectivity index (χ4v) is 2.39. The second kappa shape index (κ2) is 5.22. The molecule has 2 rings (SSSR count). The Balaban J connectivity index is 2.00. The molecule has 104 valence electrons. The molecular weight excluding hydrogens is 278 g/mol. The maximum absolute atomic E-state index is 12.9. The van der Waals surface area contributed by atoms with E-state index in [1.807, 2.05) is 4.72 Å². The van der Waals surface area contributed by atoms with E-state index in [1.54, 1.807) is 0 Å². The fourth-order valence-electron chi connectivity index (χ4n) is 1.39. The zero-order valence-electron chi connectivity index (χ0n) is 9.82. The molecule has 1 aromatic carbocycles. The summed E-state index contributed by atoms with van der Waals surface area (Å²) in [7, 11) is -4.03. The van der Waals surface area contributed by atoms with Crippen LogP contribution in [0.15, 0.2) is 23.1 Å². The van der Waals surface area contributed by atoms with Crippen LogP contribution in [0.2, 0.25) is 0 Å². The summed E-state index contributed by atoms with van der Waals surface area (Å²) in [5.74, 6) is -2.84. The number of sulfonamides is 1. The first kappa shape index (κ1) is 13.9. The molecule has 0 radical (unpaired) electrons. The van der Waals surface area contributed by atoms with Crippen LogP contribution in [0.5, 0.6) is 0 Å². The first-order valence-corrected chi connectivity index (χ1v) is 7.11. The Morgan fingerprint density at radius 2 is 1.95 bits per heavy atom. The summed E-state index contributed by atoms with van der Waals surface area (Å²) in [6.07, 6.45) is 1.78. The average molecular weight is 290 g/mol. The quantitative estimate of drug-likeness (QED) is 0.830. The van der Waals surface area contributed by atoms with Gasteiger partial charge < -0.3 is 5.32 Å². The van der Waals surface area contributed by atoms with Gasteiger partial charge in [0.05, 0.1) is 11.4 Å². The number of hydrogen-bond donors (Lipinski definition) is 2. The molecule has 1 amide bonds. The average Bonchev–Trinajstić information content (AvgIpc) is 3.14. The van der Waals surface area contributed by atoms with E-state index in [4.69, 9.17) is 0 Å². The maximum Gasteiger partial charge on any atom is 0.241 e. The lowest BCUT2D eigenvalue weighted by molar-refractivity contribution is -0.120. The molecule has 1 fully saturated rings. The standard InChI is InChI=1S/C11H12F2N2O3S/c12-9-4-3-8(5-10(9)13)19(17,18)14-6-11(16)15-7-1-2-7/h3-5,7,14H,1-2,6H2,(H,15,16). The van der Waals surface area contributed by atoms with E-state index in [0.29, 0.717) is 12.1 Å².